The van der Waals surface area contributed by atoms with Crippen molar-refractivity contribution in [1.29, 1.82) is 0 Å². The summed E-state index contributed by atoms with van der Waals surface area (Å²) in [4.78, 5) is 13.2. The second kappa shape index (κ2) is 4.49. The van der Waals surface area contributed by atoms with Gasteiger partial charge in [0.15, 0.2) is 0 Å². The lowest BCUT2D eigenvalue weighted by Crippen LogP contribution is -2.44. The third-order valence-electron chi connectivity index (χ3n) is 2.70. The minimum Gasteiger partial charge on any atom is -0.368 e. The summed E-state index contributed by atoms with van der Waals surface area (Å²) in [6, 6.07) is 4.58. The van der Waals surface area contributed by atoms with Crippen LogP contribution < -0.4 is 16.0 Å². The van der Waals surface area contributed by atoms with E-state index in [9.17, 15) is 9.18 Å². The molecular formula is C11H14FN3O. The fourth-order valence-corrected chi connectivity index (χ4v) is 1.93. The van der Waals surface area contributed by atoms with Crippen molar-refractivity contribution in [2.75, 3.05) is 31.1 Å². The summed E-state index contributed by atoms with van der Waals surface area (Å²) in [7, 11) is 0. The smallest absolute Gasteiger partial charge is 0.253 e. The van der Waals surface area contributed by atoms with Crippen molar-refractivity contribution in [2.45, 2.75) is 0 Å². The van der Waals surface area contributed by atoms with E-state index in [4.69, 9.17) is 5.73 Å². The molecule has 0 aliphatic carbocycles. The van der Waals surface area contributed by atoms with Crippen LogP contribution in [0.1, 0.15) is 10.4 Å². The molecule has 86 valence electrons. The highest BCUT2D eigenvalue weighted by molar-refractivity contribution is 5.99. The number of nitrogens with zero attached hydrogens (tertiary/aromatic N) is 1. The summed E-state index contributed by atoms with van der Waals surface area (Å²) in [6.45, 7) is 3.16. The third-order valence-corrected chi connectivity index (χ3v) is 2.70. The van der Waals surface area contributed by atoms with Gasteiger partial charge in [-0.1, -0.05) is 6.07 Å². The van der Waals surface area contributed by atoms with Crippen LogP contribution in [0.2, 0.25) is 0 Å². The standard InChI is InChI=1S/C11H14FN3O/c12-8-2-1-3-9(10(8)11(13)16)15-6-4-14-5-7-15/h1-3,14H,4-7H2,(H2,13,16). The van der Waals surface area contributed by atoms with Gasteiger partial charge in [0.2, 0.25) is 0 Å². The first-order valence-electron chi connectivity index (χ1n) is 5.24. The molecule has 1 aliphatic heterocycles. The Morgan fingerprint density at radius 2 is 2.06 bits per heavy atom. The van der Waals surface area contributed by atoms with Crippen LogP contribution in [0.5, 0.6) is 0 Å². The Balaban J connectivity index is 2.38. The number of nitrogens with two attached hydrogens (primary N) is 1. The lowest BCUT2D eigenvalue weighted by atomic mass is 10.1. The van der Waals surface area contributed by atoms with E-state index < -0.39 is 11.7 Å². The Labute approximate surface area is 93.2 Å². The summed E-state index contributed by atoms with van der Waals surface area (Å²) in [5, 5.41) is 3.20. The van der Waals surface area contributed by atoms with Crippen molar-refractivity contribution < 1.29 is 9.18 Å². The molecule has 0 bridgehead atoms. The molecule has 1 aliphatic rings. The van der Waals surface area contributed by atoms with E-state index >= 15 is 0 Å². The maximum Gasteiger partial charge on any atom is 0.253 e. The molecule has 0 saturated carbocycles. The number of rotatable bonds is 2. The second-order valence-electron chi connectivity index (χ2n) is 3.74. The number of amides is 1. The summed E-state index contributed by atoms with van der Waals surface area (Å²) in [5.41, 5.74) is 5.78. The Bertz CT molecular complexity index is 402. The van der Waals surface area contributed by atoms with Crippen LogP contribution >= 0.6 is 0 Å². The van der Waals surface area contributed by atoms with Crippen LogP contribution in [-0.2, 0) is 0 Å². The van der Waals surface area contributed by atoms with E-state index in [0.717, 1.165) is 26.2 Å². The molecule has 1 saturated heterocycles. The molecular weight excluding hydrogens is 209 g/mol. The van der Waals surface area contributed by atoms with Gasteiger partial charge in [0.25, 0.3) is 5.91 Å². The molecule has 0 aromatic heterocycles. The van der Waals surface area contributed by atoms with Gasteiger partial charge in [0.1, 0.15) is 5.82 Å². The molecule has 1 aromatic rings. The van der Waals surface area contributed by atoms with Crippen molar-refractivity contribution >= 4 is 11.6 Å². The molecule has 2 rings (SSSR count). The van der Waals surface area contributed by atoms with Gasteiger partial charge in [-0.15, -0.1) is 0 Å². The van der Waals surface area contributed by atoms with Gasteiger partial charge in [-0.05, 0) is 12.1 Å². The lowest BCUT2D eigenvalue weighted by molar-refractivity contribution is 0.0997. The van der Waals surface area contributed by atoms with Gasteiger partial charge >= 0.3 is 0 Å². The van der Waals surface area contributed by atoms with Crippen LogP contribution in [0, 0.1) is 5.82 Å². The number of benzene rings is 1. The average Bonchev–Trinajstić information content (AvgIpc) is 2.29. The lowest BCUT2D eigenvalue weighted by Gasteiger charge is -2.30. The molecule has 1 aromatic carbocycles. The van der Waals surface area contributed by atoms with E-state index in [2.05, 4.69) is 5.32 Å². The quantitative estimate of drug-likeness (QED) is 0.760. The maximum absolute atomic E-state index is 13.5. The first kappa shape index (κ1) is 10.9. The summed E-state index contributed by atoms with van der Waals surface area (Å²) < 4.78 is 13.5. The monoisotopic (exact) mass is 223 g/mol. The van der Waals surface area contributed by atoms with E-state index in [-0.39, 0.29) is 5.56 Å². The Kier molecular flexibility index (Phi) is 3.05. The normalized spacial score (nSPS) is 16.2. The molecule has 5 heteroatoms. The number of hydrogen-bond acceptors (Lipinski definition) is 3. The van der Waals surface area contributed by atoms with E-state index in [0.29, 0.717) is 5.69 Å². The summed E-state index contributed by atoms with van der Waals surface area (Å²) in [6.07, 6.45) is 0. The molecule has 16 heavy (non-hydrogen) atoms. The van der Waals surface area contributed by atoms with E-state index in [1.54, 1.807) is 12.1 Å². The van der Waals surface area contributed by atoms with E-state index in [1.165, 1.54) is 6.07 Å². The predicted molar refractivity (Wildman–Crippen MR) is 60.0 cm³/mol. The first-order valence-corrected chi connectivity index (χ1v) is 5.24. The molecule has 0 unspecified atom stereocenters. The fraction of sp³-hybridized carbons (Fsp3) is 0.364. The predicted octanol–water partition coefficient (Wildman–Crippen LogP) is 0.334. The molecule has 0 spiro atoms. The van der Waals surface area contributed by atoms with Gasteiger partial charge in [-0.25, -0.2) is 4.39 Å². The number of primary amides is 1. The molecule has 0 atom stereocenters. The minimum atomic E-state index is -0.716. The van der Waals surface area contributed by atoms with Crippen molar-refractivity contribution in [1.82, 2.24) is 5.32 Å². The van der Waals surface area contributed by atoms with Gasteiger partial charge in [0, 0.05) is 26.2 Å². The van der Waals surface area contributed by atoms with Crippen LogP contribution in [0.3, 0.4) is 0 Å². The zero-order chi connectivity index (χ0) is 11.5. The molecule has 0 radical (unpaired) electrons. The van der Waals surface area contributed by atoms with Crippen molar-refractivity contribution in [3.63, 3.8) is 0 Å². The SMILES string of the molecule is NC(=O)c1c(F)cccc1N1CCNCC1. The zero-order valence-electron chi connectivity index (χ0n) is 8.87. The number of nitrogens with one attached hydrogen (secondary N) is 1. The third kappa shape index (κ3) is 1.99. The number of carbonyl (C=O) groups excluding carboxylic acids is 1. The zero-order valence-corrected chi connectivity index (χ0v) is 8.87. The van der Waals surface area contributed by atoms with Gasteiger partial charge in [-0.3, -0.25) is 4.79 Å². The number of carbonyl (C=O) groups is 1. The number of piperazine rings is 1. The van der Waals surface area contributed by atoms with Crippen LogP contribution in [0.4, 0.5) is 10.1 Å². The van der Waals surface area contributed by atoms with Crippen molar-refractivity contribution in [3.8, 4) is 0 Å². The topological polar surface area (TPSA) is 58.4 Å². The maximum atomic E-state index is 13.5. The van der Waals surface area contributed by atoms with Crippen LogP contribution in [0.15, 0.2) is 18.2 Å². The Morgan fingerprint density at radius 1 is 1.38 bits per heavy atom. The summed E-state index contributed by atoms with van der Waals surface area (Å²) >= 11 is 0. The summed E-state index contributed by atoms with van der Waals surface area (Å²) in [5.74, 6) is -1.27. The highest BCUT2D eigenvalue weighted by Gasteiger charge is 2.19. The van der Waals surface area contributed by atoms with Gasteiger partial charge < -0.3 is 16.0 Å². The molecule has 1 amide bonds. The Morgan fingerprint density at radius 3 is 2.69 bits per heavy atom. The molecule has 1 fully saturated rings. The van der Waals surface area contributed by atoms with Crippen molar-refractivity contribution in [2.24, 2.45) is 5.73 Å². The number of anilines is 1. The molecule has 1 heterocycles. The van der Waals surface area contributed by atoms with Gasteiger partial charge in [0.05, 0.1) is 11.3 Å². The van der Waals surface area contributed by atoms with Crippen LogP contribution in [0.25, 0.3) is 0 Å². The van der Waals surface area contributed by atoms with E-state index in [1.807, 2.05) is 4.90 Å². The van der Waals surface area contributed by atoms with Gasteiger partial charge in [-0.2, -0.15) is 0 Å². The molecule has 3 N–H and O–H groups in total. The fourth-order valence-electron chi connectivity index (χ4n) is 1.93. The van der Waals surface area contributed by atoms with Crippen molar-refractivity contribution in [3.05, 3.63) is 29.6 Å². The minimum absolute atomic E-state index is 0.00981. The highest BCUT2D eigenvalue weighted by atomic mass is 19.1. The average molecular weight is 223 g/mol. The Hall–Kier alpha value is -1.62. The second-order valence-corrected chi connectivity index (χ2v) is 3.74. The first-order chi connectivity index (χ1) is 7.70. The molecule has 4 nitrogen and oxygen atoms in total. The highest BCUT2D eigenvalue weighted by Crippen LogP contribution is 2.23. The number of hydrogen-bond donors (Lipinski definition) is 2. The largest absolute Gasteiger partial charge is 0.368 e. The number of halogens is 1. The van der Waals surface area contributed by atoms with Crippen LogP contribution in [-0.4, -0.2) is 32.1 Å².